The molecule has 1 atom stereocenters. The fourth-order valence-corrected chi connectivity index (χ4v) is 2.28. The second kappa shape index (κ2) is 8.14. The average Bonchev–Trinajstić information content (AvgIpc) is 2.54. The van der Waals surface area contributed by atoms with E-state index >= 15 is 0 Å². The zero-order valence-corrected chi connectivity index (χ0v) is 15.2. The van der Waals surface area contributed by atoms with Crippen molar-refractivity contribution < 1.29 is 9.59 Å². The average molecular weight is 318 g/mol. The van der Waals surface area contributed by atoms with Gasteiger partial charge in [0.25, 0.3) is 0 Å². The number of para-hydroxylation sites is 1. The number of nitrogens with one attached hydrogen (secondary N) is 2. The Hall–Kier alpha value is -1.84. The Labute approximate surface area is 140 Å². The largest absolute Gasteiger partial charge is 0.353 e. The predicted molar refractivity (Wildman–Crippen MR) is 95.5 cm³/mol. The first-order chi connectivity index (χ1) is 10.8. The van der Waals surface area contributed by atoms with Gasteiger partial charge in [-0.25, -0.2) is 0 Å². The van der Waals surface area contributed by atoms with Gasteiger partial charge in [-0.05, 0) is 51.2 Å². The lowest BCUT2D eigenvalue weighted by atomic mass is 9.90. The van der Waals surface area contributed by atoms with Gasteiger partial charge in [-0.2, -0.15) is 0 Å². The van der Waals surface area contributed by atoms with Gasteiger partial charge in [0.1, 0.15) is 5.41 Å². The molecule has 2 amide bonds. The number of benzene rings is 1. The van der Waals surface area contributed by atoms with E-state index in [0.717, 1.165) is 36.1 Å². The van der Waals surface area contributed by atoms with Crippen molar-refractivity contribution in [1.29, 1.82) is 0 Å². The molecule has 0 aromatic heterocycles. The third-order valence-electron chi connectivity index (χ3n) is 4.36. The molecular weight excluding hydrogens is 288 g/mol. The molecule has 0 aliphatic carbocycles. The van der Waals surface area contributed by atoms with Crippen LogP contribution in [0.1, 0.15) is 59.1 Å². The van der Waals surface area contributed by atoms with Gasteiger partial charge < -0.3 is 10.6 Å². The summed E-state index contributed by atoms with van der Waals surface area (Å²) >= 11 is 0. The molecule has 0 bridgehead atoms. The number of rotatable bonds is 7. The minimum atomic E-state index is -1.12. The highest BCUT2D eigenvalue weighted by molar-refractivity contribution is 6.10. The molecule has 0 fully saturated rings. The highest BCUT2D eigenvalue weighted by atomic mass is 16.2. The molecule has 0 spiro atoms. The van der Waals surface area contributed by atoms with E-state index in [9.17, 15) is 9.59 Å². The molecule has 1 unspecified atom stereocenters. The van der Waals surface area contributed by atoms with Crippen LogP contribution in [0, 0.1) is 5.41 Å². The molecule has 128 valence electrons. The number of anilines is 1. The maximum absolute atomic E-state index is 12.7. The standard InChI is InChI=1S/C19H30N2O2/c1-7-13(4)20-17(22)19(5,6)18(23)21-16-14(8-2)11-10-12-15(16)9-3/h10-13H,7-9H2,1-6H3,(H,20,22)(H,21,23). The van der Waals surface area contributed by atoms with E-state index in [0.29, 0.717) is 0 Å². The summed E-state index contributed by atoms with van der Waals surface area (Å²) in [5, 5.41) is 5.89. The second-order valence-corrected chi connectivity index (χ2v) is 6.52. The van der Waals surface area contributed by atoms with Crippen LogP contribution in [-0.2, 0) is 22.4 Å². The molecule has 0 aliphatic heterocycles. The summed E-state index contributed by atoms with van der Waals surface area (Å²) in [6, 6.07) is 6.10. The van der Waals surface area contributed by atoms with Gasteiger partial charge in [-0.15, -0.1) is 0 Å². The molecule has 1 aromatic rings. The van der Waals surface area contributed by atoms with Crippen LogP contribution in [-0.4, -0.2) is 17.9 Å². The molecule has 23 heavy (non-hydrogen) atoms. The molecule has 4 nitrogen and oxygen atoms in total. The van der Waals surface area contributed by atoms with Gasteiger partial charge in [-0.3, -0.25) is 9.59 Å². The Morgan fingerprint density at radius 2 is 1.57 bits per heavy atom. The Morgan fingerprint density at radius 1 is 1.04 bits per heavy atom. The molecule has 0 radical (unpaired) electrons. The summed E-state index contributed by atoms with van der Waals surface area (Å²) in [6.45, 7) is 11.4. The van der Waals surface area contributed by atoms with Gasteiger partial charge >= 0.3 is 0 Å². The number of carbonyl (C=O) groups excluding carboxylic acids is 2. The maximum Gasteiger partial charge on any atom is 0.239 e. The lowest BCUT2D eigenvalue weighted by molar-refractivity contribution is -0.138. The van der Waals surface area contributed by atoms with Crippen LogP contribution in [0.25, 0.3) is 0 Å². The lowest BCUT2D eigenvalue weighted by Gasteiger charge is -2.26. The SMILES string of the molecule is CCc1cccc(CC)c1NC(=O)C(C)(C)C(=O)NC(C)CC. The first-order valence-corrected chi connectivity index (χ1v) is 8.50. The number of aryl methyl sites for hydroxylation is 2. The quantitative estimate of drug-likeness (QED) is 0.753. The highest BCUT2D eigenvalue weighted by Crippen LogP contribution is 2.26. The number of hydrogen-bond acceptors (Lipinski definition) is 2. The van der Waals surface area contributed by atoms with Gasteiger partial charge in [0, 0.05) is 11.7 Å². The van der Waals surface area contributed by atoms with E-state index < -0.39 is 5.41 Å². The third-order valence-corrected chi connectivity index (χ3v) is 4.36. The summed E-state index contributed by atoms with van der Waals surface area (Å²) in [6.07, 6.45) is 2.51. The van der Waals surface area contributed by atoms with E-state index in [2.05, 4.69) is 24.5 Å². The van der Waals surface area contributed by atoms with Crippen molar-refractivity contribution in [2.45, 2.75) is 66.8 Å². The minimum absolute atomic E-state index is 0.0590. The van der Waals surface area contributed by atoms with Gasteiger partial charge in [-0.1, -0.05) is 39.0 Å². The fourth-order valence-electron chi connectivity index (χ4n) is 2.28. The van der Waals surface area contributed by atoms with E-state index in [-0.39, 0.29) is 17.9 Å². The molecular formula is C19H30N2O2. The van der Waals surface area contributed by atoms with Gasteiger partial charge in [0.2, 0.25) is 11.8 Å². The summed E-state index contributed by atoms with van der Waals surface area (Å²) < 4.78 is 0. The molecule has 2 N–H and O–H groups in total. The van der Waals surface area contributed by atoms with Crippen molar-refractivity contribution in [3.05, 3.63) is 29.3 Å². The number of hydrogen-bond donors (Lipinski definition) is 2. The first-order valence-electron chi connectivity index (χ1n) is 8.50. The summed E-state index contributed by atoms with van der Waals surface area (Å²) in [5.41, 5.74) is 1.92. The van der Waals surface area contributed by atoms with Crippen LogP contribution >= 0.6 is 0 Å². The number of amides is 2. The van der Waals surface area contributed by atoms with Gasteiger partial charge in [0.05, 0.1) is 0 Å². The van der Waals surface area contributed by atoms with Crippen molar-refractivity contribution in [2.24, 2.45) is 5.41 Å². The van der Waals surface area contributed by atoms with Crippen molar-refractivity contribution >= 4 is 17.5 Å². The van der Waals surface area contributed by atoms with Gasteiger partial charge in [0.15, 0.2) is 0 Å². The monoisotopic (exact) mass is 318 g/mol. The van der Waals surface area contributed by atoms with Crippen molar-refractivity contribution in [1.82, 2.24) is 5.32 Å². The summed E-state index contributed by atoms with van der Waals surface area (Å²) in [7, 11) is 0. The minimum Gasteiger partial charge on any atom is -0.353 e. The Morgan fingerprint density at radius 3 is 2.00 bits per heavy atom. The van der Waals surface area contributed by atoms with Crippen LogP contribution in [0.15, 0.2) is 18.2 Å². The Bertz CT molecular complexity index is 542. The maximum atomic E-state index is 12.7. The van der Waals surface area contributed by atoms with Crippen molar-refractivity contribution in [3.8, 4) is 0 Å². The molecule has 0 aliphatic rings. The summed E-state index contributed by atoms with van der Waals surface area (Å²) in [4.78, 5) is 25.1. The fraction of sp³-hybridized carbons (Fsp3) is 0.579. The Kier molecular flexibility index (Phi) is 6.79. The van der Waals surface area contributed by atoms with E-state index in [1.165, 1.54) is 0 Å². The second-order valence-electron chi connectivity index (χ2n) is 6.52. The molecule has 0 saturated carbocycles. The first kappa shape index (κ1) is 19.2. The highest BCUT2D eigenvalue weighted by Gasteiger charge is 2.37. The number of carbonyl (C=O) groups is 2. The molecule has 1 rings (SSSR count). The zero-order valence-electron chi connectivity index (χ0n) is 15.2. The third kappa shape index (κ3) is 4.57. The molecule has 0 saturated heterocycles. The van der Waals surface area contributed by atoms with E-state index in [1.54, 1.807) is 13.8 Å². The van der Waals surface area contributed by atoms with Crippen molar-refractivity contribution in [2.75, 3.05) is 5.32 Å². The Balaban J connectivity index is 3.00. The topological polar surface area (TPSA) is 58.2 Å². The predicted octanol–water partition coefficient (Wildman–Crippen LogP) is 3.69. The van der Waals surface area contributed by atoms with Crippen LogP contribution in [0.5, 0.6) is 0 Å². The smallest absolute Gasteiger partial charge is 0.239 e. The lowest BCUT2D eigenvalue weighted by Crippen LogP contribution is -2.47. The molecule has 0 heterocycles. The van der Waals surface area contributed by atoms with Crippen LogP contribution in [0.2, 0.25) is 0 Å². The van der Waals surface area contributed by atoms with E-state index in [1.807, 2.05) is 32.0 Å². The molecule has 1 aromatic carbocycles. The van der Waals surface area contributed by atoms with E-state index in [4.69, 9.17) is 0 Å². The molecule has 4 heteroatoms. The van der Waals surface area contributed by atoms with Crippen LogP contribution < -0.4 is 10.6 Å². The van der Waals surface area contributed by atoms with Crippen LogP contribution in [0.3, 0.4) is 0 Å². The zero-order chi connectivity index (χ0) is 17.6. The van der Waals surface area contributed by atoms with Crippen LogP contribution in [0.4, 0.5) is 5.69 Å². The summed E-state index contributed by atoms with van der Waals surface area (Å²) in [5.74, 6) is -0.509. The van der Waals surface area contributed by atoms with Crippen molar-refractivity contribution in [3.63, 3.8) is 0 Å². The normalized spacial score (nSPS) is 12.6.